The summed E-state index contributed by atoms with van der Waals surface area (Å²) in [6, 6.07) is 1.53. The summed E-state index contributed by atoms with van der Waals surface area (Å²) in [5, 5.41) is 3.85. The fourth-order valence-corrected chi connectivity index (χ4v) is 3.44. The van der Waals surface area contributed by atoms with Gasteiger partial charge in [-0.15, -0.1) is 0 Å². The van der Waals surface area contributed by atoms with Crippen molar-refractivity contribution in [3.8, 4) is 0 Å². The third-order valence-electron chi connectivity index (χ3n) is 4.83. The topological polar surface area (TPSA) is 15.3 Å². The number of hydrogen-bond acceptors (Lipinski definition) is 2. The smallest absolute Gasteiger partial charge is 0.00928 e. The average molecular weight is 238 g/mol. The minimum absolute atomic E-state index is 0.730. The van der Waals surface area contributed by atoms with Crippen LogP contribution in [0.5, 0.6) is 0 Å². The minimum atomic E-state index is 0.730. The van der Waals surface area contributed by atoms with E-state index in [4.69, 9.17) is 0 Å². The Morgan fingerprint density at radius 1 is 1.18 bits per heavy atom. The zero-order valence-corrected chi connectivity index (χ0v) is 11.9. The molecule has 0 amide bonds. The van der Waals surface area contributed by atoms with Gasteiger partial charge in [-0.1, -0.05) is 19.8 Å². The Labute approximate surface area is 107 Å². The van der Waals surface area contributed by atoms with Crippen LogP contribution in [0.2, 0.25) is 0 Å². The average Bonchev–Trinajstić information content (AvgIpc) is 2.77. The van der Waals surface area contributed by atoms with Crippen LogP contribution in [0.4, 0.5) is 0 Å². The van der Waals surface area contributed by atoms with Crippen LogP contribution in [0.3, 0.4) is 0 Å². The molecule has 0 aromatic rings. The van der Waals surface area contributed by atoms with Crippen molar-refractivity contribution in [2.45, 2.75) is 65.0 Å². The molecule has 1 saturated carbocycles. The SMILES string of the molecule is CC1CCCCC1NCC1CCN(C(C)C)C1. The molecule has 0 bridgehead atoms. The first-order chi connectivity index (χ1) is 8.16. The van der Waals surface area contributed by atoms with Crippen molar-refractivity contribution in [1.29, 1.82) is 0 Å². The molecule has 2 nitrogen and oxygen atoms in total. The van der Waals surface area contributed by atoms with E-state index >= 15 is 0 Å². The highest BCUT2D eigenvalue weighted by Gasteiger charge is 2.26. The number of hydrogen-bond donors (Lipinski definition) is 1. The fourth-order valence-electron chi connectivity index (χ4n) is 3.44. The van der Waals surface area contributed by atoms with E-state index in [-0.39, 0.29) is 0 Å². The molecule has 1 heterocycles. The van der Waals surface area contributed by atoms with Crippen LogP contribution >= 0.6 is 0 Å². The fraction of sp³-hybridized carbons (Fsp3) is 1.00. The second-order valence-electron chi connectivity index (χ2n) is 6.52. The molecule has 2 fully saturated rings. The number of rotatable bonds is 4. The molecular weight excluding hydrogens is 208 g/mol. The van der Waals surface area contributed by atoms with E-state index in [9.17, 15) is 0 Å². The third kappa shape index (κ3) is 3.69. The predicted octanol–water partition coefficient (Wildman–Crippen LogP) is 2.89. The van der Waals surface area contributed by atoms with Crippen LogP contribution in [-0.4, -0.2) is 36.6 Å². The minimum Gasteiger partial charge on any atom is -0.313 e. The Morgan fingerprint density at radius 2 is 1.94 bits per heavy atom. The molecular formula is C15H30N2. The quantitative estimate of drug-likeness (QED) is 0.810. The van der Waals surface area contributed by atoms with E-state index in [1.807, 2.05) is 0 Å². The predicted molar refractivity (Wildman–Crippen MR) is 74.2 cm³/mol. The molecule has 1 aliphatic heterocycles. The van der Waals surface area contributed by atoms with E-state index in [2.05, 4.69) is 31.0 Å². The second kappa shape index (κ2) is 6.19. The van der Waals surface area contributed by atoms with Gasteiger partial charge in [0.15, 0.2) is 0 Å². The maximum Gasteiger partial charge on any atom is 0.00928 e. The van der Waals surface area contributed by atoms with Crippen molar-refractivity contribution in [2.24, 2.45) is 11.8 Å². The van der Waals surface area contributed by atoms with Gasteiger partial charge >= 0.3 is 0 Å². The summed E-state index contributed by atoms with van der Waals surface area (Å²) < 4.78 is 0. The molecule has 3 atom stereocenters. The van der Waals surface area contributed by atoms with Crippen LogP contribution in [0.15, 0.2) is 0 Å². The Hall–Kier alpha value is -0.0800. The van der Waals surface area contributed by atoms with Gasteiger partial charge in [-0.25, -0.2) is 0 Å². The van der Waals surface area contributed by atoms with E-state index in [1.165, 1.54) is 51.7 Å². The van der Waals surface area contributed by atoms with Crippen LogP contribution < -0.4 is 5.32 Å². The Bertz CT molecular complexity index is 227. The standard InChI is InChI=1S/C15H30N2/c1-12(2)17-9-8-14(11-17)10-16-15-7-5-4-6-13(15)3/h12-16H,4-11H2,1-3H3. The van der Waals surface area contributed by atoms with Crippen LogP contribution in [0.1, 0.15) is 52.9 Å². The summed E-state index contributed by atoms with van der Waals surface area (Å²) >= 11 is 0. The number of nitrogens with zero attached hydrogens (tertiary/aromatic N) is 1. The van der Waals surface area contributed by atoms with Crippen molar-refractivity contribution >= 4 is 0 Å². The first kappa shape index (κ1) is 13.4. The lowest BCUT2D eigenvalue weighted by molar-refractivity contribution is 0.248. The second-order valence-corrected chi connectivity index (χ2v) is 6.52. The van der Waals surface area contributed by atoms with Gasteiger partial charge in [0.2, 0.25) is 0 Å². The van der Waals surface area contributed by atoms with Crippen molar-refractivity contribution in [2.75, 3.05) is 19.6 Å². The first-order valence-corrected chi connectivity index (χ1v) is 7.64. The molecule has 1 N–H and O–H groups in total. The van der Waals surface area contributed by atoms with Gasteiger partial charge < -0.3 is 10.2 Å². The van der Waals surface area contributed by atoms with Crippen molar-refractivity contribution in [3.63, 3.8) is 0 Å². The van der Waals surface area contributed by atoms with Crippen molar-refractivity contribution in [3.05, 3.63) is 0 Å². The van der Waals surface area contributed by atoms with Gasteiger partial charge in [0.25, 0.3) is 0 Å². The Morgan fingerprint density at radius 3 is 2.59 bits per heavy atom. The normalized spacial score (nSPS) is 35.6. The zero-order valence-electron chi connectivity index (χ0n) is 11.9. The summed E-state index contributed by atoms with van der Waals surface area (Å²) in [6.45, 7) is 10.9. The molecule has 2 heteroatoms. The zero-order chi connectivity index (χ0) is 12.3. The Balaban J connectivity index is 1.68. The van der Waals surface area contributed by atoms with E-state index in [0.717, 1.165) is 23.9 Å². The summed E-state index contributed by atoms with van der Waals surface area (Å²) in [6.07, 6.45) is 7.11. The van der Waals surface area contributed by atoms with Crippen molar-refractivity contribution < 1.29 is 0 Å². The van der Waals surface area contributed by atoms with Crippen LogP contribution in [-0.2, 0) is 0 Å². The summed E-state index contributed by atoms with van der Waals surface area (Å²) in [5.74, 6) is 1.79. The highest BCUT2D eigenvalue weighted by Crippen LogP contribution is 2.24. The van der Waals surface area contributed by atoms with Gasteiger partial charge in [-0.3, -0.25) is 0 Å². The molecule has 17 heavy (non-hydrogen) atoms. The monoisotopic (exact) mass is 238 g/mol. The molecule has 0 aromatic carbocycles. The van der Waals surface area contributed by atoms with Gasteiger partial charge in [-0.2, -0.15) is 0 Å². The van der Waals surface area contributed by atoms with Crippen LogP contribution in [0, 0.1) is 11.8 Å². The molecule has 1 saturated heterocycles. The lowest BCUT2D eigenvalue weighted by atomic mass is 9.85. The molecule has 3 unspecified atom stereocenters. The molecule has 100 valence electrons. The van der Waals surface area contributed by atoms with E-state index < -0.39 is 0 Å². The highest BCUT2D eigenvalue weighted by molar-refractivity contribution is 4.83. The maximum absolute atomic E-state index is 3.85. The molecule has 0 spiro atoms. The molecule has 0 aromatic heterocycles. The van der Waals surface area contributed by atoms with E-state index in [0.29, 0.717) is 0 Å². The molecule has 0 radical (unpaired) electrons. The maximum atomic E-state index is 3.85. The largest absolute Gasteiger partial charge is 0.313 e. The van der Waals surface area contributed by atoms with Gasteiger partial charge in [-0.05, 0) is 58.0 Å². The summed E-state index contributed by atoms with van der Waals surface area (Å²) in [4.78, 5) is 2.62. The molecule has 2 rings (SSSR count). The van der Waals surface area contributed by atoms with Crippen LogP contribution in [0.25, 0.3) is 0 Å². The third-order valence-corrected chi connectivity index (χ3v) is 4.83. The lowest BCUT2D eigenvalue weighted by Gasteiger charge is -2.30. The number of nitrogens with one attached hydrogen (secondary N) is 1. The van der Waals surface area contributed by atoms with E-state index in [1.54, 1.807) is 0 Å². The van der Waals surface area contributed by atoms with Crippen molar-refractivity contribution in [1.82, 2.24) is 10.2 Å². The van der Waals surface area contributed by atoms with Gasteiger partial charge in [0, 0.05) is 18.6 Å². The first-order valence-electron chi connectivity index (χ1n) is 7.64. The lowest BCUT2D eigenvalue weighted by Crippen LogP contribution is -2.40. The Kier molecular flexibility index (Phi) is 4.87. The number of likely N-dealkylation sites (tertiary alicyclic amines) is 1. The molecule has 1 aliphatic carbocycles. The van der Waals surface area contributed by atoms with Gasteiger partial charge in [0.05, 0.1) is 0 Å². The molecule has 2 aliphatic rings. The van der Waals surface area contributed by atoms with Gasteiger partial charge in [0.1, 0.15) is 0 Å². The summed E-state index contributed by atoms with van der Waals surface area (Å²) in [5.41, 5.74) is 0. The summed E-state index contributed by atoms with van der Waals surface area (Å²) in [7, 11) is 0. The highest BCUT2D eigenvalue weighted by atomic mass is 15.2.